The number of nitrogens with zero attached hydrogens (tertiary/aromatic N) is 2. The molecule has 1 aromatic heterocycles. The summed E-state index contributed by atoms with van der Waals surface area (Å²) in [5.74, 6) is 0.444. The molecule has 12 heteroatoms. The van der Waals surface area contributed by atoms with Crippen LogP contribution in [-0.2, 0) is 31.6 Å². The van der Waals surface area contributed by atoms with Crippen molar-refractivity contribution in [2.75, 3.05) is 20.8 Å². The first-order chi connectivity index (χ1) is 18.9. The van der Waals surface area contributed by atoms with Gasteiger partial charge in [0, 0.05) is 51.6 Å². The van der Waals surface area contributed by atoms with Crippen molar-refractivity contribution in [2.45, 2.75) is 45.8 Å². The Kier molecular flexibility index (Phi) is 11.1. The Labute approximate surface area is 239 Å². The second-order valence-corrected chi connectivity index (χ2v) is 11.7. The molecule has 0 saturated carbocycles. The fourth-order valence-corrected chi connectivity index (χ4v) is 4.91. The fourth-order valence-electron chi connectivity index (χ4n) is 4.00. The Balaban J connectivity index is 1.76. The van der Waals surface area contributed by atoms with Crippen molar-refractivity contribution in [2.24, 2.45) is 7.05 Å². The summed E-state index contributed by atoms with van der Waals surface area (Å²) >= 11 is 6.33. The molecule has 216 valence electrons. The van der Waals surface area contributed by atoms with Crippen molar-refractivity contribution >= 4 is 31.1 Å². The van der Waals surface area contributed by atoms with Crippen LogP contribution in [0.2, 0.25) is 5.02 Å². The Hall–Kier alpha value is -3.01. The van der Waals surface area contributed by atoms with Crippen LogP contribution in [0.3, 0.4) is 0 Å². The normalized spacial score (nSPS) is 12.4. The van der Waals surface area contributed by atoms with E-state index in [4.69, 9.17) is 29.9 Å². The van der Waals surface area contributed by atoms with Crippen LogP contribution in [0.1, 0.15) is 53.7 Å². The molecule has 0 radical (unpaired) electrons. The molecule has 0 bridgehead atoms. The molecule has 0 aliphatic heterocycles. The van der Waals surface area contributed by atoms with Crippen molar-refractivity contribution in [3.8, 4) is 17.0 Å². The number of ketones is 1. The zero-order valence-electron chi connectivity index (χ0n) is 23.5. The van der Waals surface area contributed by atoms with E-state index in [1.807, 2.05) is 38.1 Å². The smallest absolute Gasteiger partial charge is 0.474 e. The maximum atomic E-state index is 13.1. The first kappa shape index (κ1) is 31.5. The Bertz CT molecular complexity index is 1370. The Morgan fingerprint density at radius 2 is 1.77 bits per heavy atom. The number of aromatic nitrogens is 2. The zero-order chi connectivity index (χ0) is 29.4. The summed E-state index contributed by atoms with van der Waals surface area (Å²) in [4.78, 5) is 29.3. The zero-order valence-corrected chi connectivity index (χ0v) is 25.1. The highest BCUT2D eigenvalue weighted by molar-refractivity contribution is 7.48. The molecular formula is C28H35ClN3O7P. The van der Waals surface area contributed by atoms with Crippen LogP contribution in [0.25, 0.3) is 11.3 Å². The van der Waals surface area contributed by atoms with Crippen LogP contribution in [0.15, 0.2) is 48.7 Å². The number of benzene rings is 2. The fraction of sp³-hybridized carbons (Fsp3) is 0.393. The average molecular weight is 592 g/mol. The molecule has 0 fully saturated rings. The summed E-state index contributed by atoms with van der Waals surface area (Å²) in [5, 5.41) is 3.35. The molecular weight excluding hydrogens is 557 g/mol. The molecule has 1 atom stereocenters. The van der Waals surface area contributed by atoms with Crippen LogP contribution in [0, 0.1) is 0 Å². The van der Waals surface area contributed by atoms with E-state index in [0.717, 1.165) is 11.1 Å². The standard InChI is InChI=1S/C28H35ClN3O7P/c1-18(2)39-26-12-11-22(16-24(26)29)28(34)30-23(13-14-38-40(35,36-5)37-6)15-20-7-9-21(10-8-20)25-17-32(4)27(31-25)19(3)33/h7-12,16-18,23H,13-15H2,1-6H3,(H,30,34)/t23-/m0/s1. The second-order valence-electron chi connectivity index (χ2n) is 9.43. The lowest BCUT2D eigenvalue weighted by molar-refractivity contribution is 0.0926. The quantitative estimate of drug-likeness (QED) is 0.182. The monoisotopic (exact) mass is 591 g/mol. The molecule has 0 aliphatic carbocycles. The lowest BCUT2D eigenvalue weighted by atomic mass is 10.0. The Morgan fingerprint density at radius 3 is 2.33 bits per heavy atom. The van der Waals surface area contributed by atoms with Gasteiger partial charge in [0.25, 0.3) is 5.91 Å². The molecule has 0 unspecified atom stereocenters. The minimum Gasteiger partial charge on any atom is -0.489 e. The van der Waals surface area contributed by atoms with Gasteiger partial charge >= 0.3 is 7.82 Å². The number of amides is 1. The van der Waals surface area contributed by atoms with Gasteiger partial charge in [-0.15, -0.1) is 0 Å². The number of carbonyl (C=O) groups excluding carboxylic acids is 2. The number of ether oxygens (including phenoxy) is 1. The number of rotatable bonds is 14. The number of nitrogens with one attached hydrogen (secondary N) is 1. The van der Waals surface area contributed by atoms with Crippen LogP contribution in [-0.4, -0.2) is 54.2 Å². The van der Waals surface area contributed by atoms with Gasteiger partial charge in [-0.25, -0.2) is 9.55 Å². The van der Waals surface area contributed by atoms with Crippen molar-refractivity contribution in [1.29, 1.82) is 0 Å². The largest absolute Gasteiger partial charge is 0.489 e. The summed E-state index contributed by atoms with van der Waals surface area (Å²) in [6.45, 7) is 5.28. The first-order valence-corrected chi connectivity index (χ1v) is 14.5. The lowest BCUT2D eigenvalue weighted by Gasteiger charge is -2.21. The number of hydrogen-bond acceptors (Lipinski definition) is 8. The summed E-state index contributed by atoms with van der Waals surface area (Å²) < 4.78 is 34.7. The van der Waals surface area contributed by atoms with Crippen molar-refractivity contribution in [3.05, 3.63) is 70.6 Å². The minimum atomic E-state index is -3.66. The molecule has 40 heavy (non-hydrogen) atoms. The molecule has 0 spiro atoms. The van der Waals surface area contributed by atoms with E-state index in [1.165, 1.54) is 21.1 Å². The van der Waals surface area contributed by atoms with Crippen LogP contribution < -0.4 is 10.1 Å². The molecule has 3 aromatic rings. The van der Waals surface area contributed by atoms with Gasteiger partial charge in [-0.1, -0.05) is 35.9 Å². The van der Waals surface area contributed by atoms with Crippen molar-refractivity contribution in [1.82, 2.24) is 14.9 Å². The van der Waals surface area contributed by atoms with E-state index in [-0.39, 0.29) is 30.4 Å². The molecule has 0 saturated heterocycles. The molecule has 0 aliphatic rings. The summed E-state index contributed by atoms with van der Waals surface area (Å²) in [5.41, 5.74) is 2.86. The summed E-state index contributed by atoms with van der Waals surface area (Å²) in [6.07, 6.45) is 2.54. The molecule has 10 nitrogen and oxygen atoms in total. The highest BCUT2D eigenvalue weighted by atomic mass is 35.5. The molecule has 1 heterocycles. The predicted octanol–water partition coefficient (Wildman–Crippen LogP) is 5.88. The van der Waals surface area contributed by atoms with Crippen LogP contribution in [0.4, 0.5) is 0 Å². The van der Waals surface area contributed by atoms with Gasteiger partial charge in [-0.2, -0.15) is 0 Å². The number of phosphoric acid groups is 1. The second kappa shape index (κ2) is 14.1. The number of phosphoric ester groups is 1. The lowest BCUT2D eigenvalue weighted by Crippen LogP contribution is -2.37. The van der Waals surface area contributed by atoms with Gasteiger partial charge < -0.3 is 14.6 Å². The third kappa shape index (κ3) is 8.49. The van der Waals surface area contributed by atoms with E-state index < -0.39 is 7.82 Å². The third-order valence-corrected chi connectivity index (χ3v) is 7.67. The highest BCUT2D eigenvalue weighted by Gasteiger charge is 2.24. The average Bonchev–Trinajstić information content (AvgIpc) is 3.31. The number of imidazole rings is 1. The number of halogens is 1. The van der Waals surface area contributed by atoms with Gasteiger partial charge in [-0.3, -0.25) is 23.2 Å². The molecule has 2 aromatic carbocycles. The number of carbonyl (C=O) groups is 2. The van der Waals surface area contributed by atoms with Crippen molar-refractivity contribution < 1.29 is 32.5 Å². The third-order valence-electron chi connectivity index (χ3n) is 5.98. The van der Waals surface area contributed by atoms with Crippen molar-refractivity contribution in [3.63, 3.8) is 0 Å². The van der Waals surface area contributed by atoms with Gasteiger partial charge in [0.05, 0.1) is 23.4 Å². The minimum absolute atomic E-state index is 0.0195. The topological polar surface area (TPSA) is 118 Å². The van der Waals surface area contributed by atoms with Crippen LogP contribution >= 0.6 is 19.4 Å². The van der Waals surface area contributed by atoms with Gasteiger partial charge in [0.15, 0.2) is 11.6 Å². The van der Waals surface area contributed by atoms with E-state index in [0.29, 0.717) is 40.7 Å². The van der Waals surface area contributed by atoms with E-state index >= 15 is 0 Å². The molecule has 3 rings (SSSR count). The highest BCUT2D eigenvalue weighted by Crippen LogP contribution is 2.47. The maximum Gasteiger partial charge on any atom is 0.474 e. The summed E-state index contributed by atoms with van der Waals surface area (Å²) in [7, 11) is 0.593. The van der Waals surface area contributed by atoms with Gasteiger partial charge in [0.1, 0.15) is 5.75 Å². The predicted molar refractivity (Wildman–Crippen MR) is 153 cm³/mol. The number of aryl methyl sites for hydroxylation is 1. The first-order valence-electron chi connectivity index (χ1n) is 12.7. The number of hydrogen-bond donors (Lipinski definition) is 1. The van der Waals surface area contributed by atoms with Gasteiger partial charge in [0.2, 0.25) is 0 Å². The van der Waals surface area contributed by atoms with Gasteiger partial charge in [-0.05, 0) is 50.5 Å². The molecule has 1 N–H and O–H groups in total. The SMILES string of the molecule is COP(=O)(OC)OCC[C@@H](Cc1ccc(-c2cn(C)c(C(C)=O)n2)cc1)NC(=O)c1ccc(OC(C)C)c(Cl)c1. The van der Waals surface area contributed by atoms with E-state index in [2.05, 4.69) is 10.3 Å². The maximum absolute atomic E-state index is 13.1. The Morgan fingerprint density at radius 1 is 1.10 bits per heavy atom. The molecule has 1 amide bonds. The summed E-state index contributed by atoms with van der Waals surface area (Å²) in [6, 6.07) is 12.2. The van der Waals surface area contributed by atoms with Crippen LogP contribution in [0.5, 0.6) is 5.75 Å². The number of Topliss-reactive ketones (excluding diaryl/α,β-unsaturated/α-hetero) is 1. The van der Waals surface area contributed by atoms with E-state index in [1.54, 1.807) is 36.0 Å². The van der Waals surface area contributed by atoms with E-state index in [9.17, 15) is 14.2 Å².